The molecule has 2 heterocycles. The van der Waals surface area contributed by atoms with Crippen molar-refractivity contribution in [1.29, 1.82) is 0 Å². The predicted molar refractivity (Wildman–Crippen MR) is 88.2 cm³/mol. The maximum atomic E-state index is 6.00. The Morgan fingerprint density at radius 1 is 1.14 bits per heavy atom. The minimum Gasteiger partial charge on any atom is -0.341 e. The van der Waals surface area contributed by atoms with Gasteiger partial charge < -0.3 is 10.3 Å². The second-order valence-corrected chi connectivity index (χ2v) is 6.92. The molecule has 2 N–H and O–H groups in total. The zero-order valence-corrected chi connectivity index (χ0v) is 14.0. The molecule has 0 saturated heterocycles. The number of halogens is 2. The Hall–Kier alpha value is -1.14. The van der Waals surface area contributed by atoms with Crippen LogP contribution in [0.5, 0.6) is 0 Å². The van der Waals surface area contributed by atoms with Gasteiger partial charge in [-0.2, -0.15) is 0 Å². The predicted octanol–water partition coefficient (Wildman–Crippen LogP) is 4.23. The van der Waals surface area contributed by atoms with E-state index >= 15 is 0 Å². The van der Waals surface area contributed by atoms with Crippen molar-refractivity contribution in [2.75, 3.05) is 0 Å². The molecule has 0 spiro atoms. The molecule has 0 aliphatic carbocycles. The van der Waals surface area contributed by atoms with Crippen molar-refractivity contribution in [1.82, 2.24) is 20.3 Å². The maximum absolute atomic E-state index is 6.00. The van der Waals surface area contributed by atoms with Gasteiger partial charge in [-0.25, -0.2) is 9.97 Å². The van der Waals surface area contributed by atoms with Crippen LogP contribution in [-0.4, -0.2) is 15.0 Å². The van der Waals surface area contributed by atoms with Gasteiger partial charge in [0.2, 0.25) is 0 Å². The van der Waals surface area contributed by atoms with Crippen molar-refractivity contribution in [3.8, 4) is 0 Å². The lowest BCUT2D eigenvalue weighted by Gasteiger charge is -1.98. The van der Waals surface area contributed by atoms with Gasteiger partial charge in [-0.1, -0.05) is 23.2 Å². The first-order valence-electron chi connectivity index (χ1n) is 6.50. The van der Waals surface area contributed by atoms with E-state index in [1.165, 1.54) is 4.88 Å². The molecular formula is C14H14Cl2N4S. The molecule has 0 atom stereocenters. The number of aromatic nitrogens is 3. The highest BCUT2D eigenvalue weighted by atomic mass is 35.5. The van der Waals surface area contributed by atoms with E-state index in [2.05, 4.69) is 27.2 Å². The fraction of sp³-hybridized carbons (Fsp3) is 0.286. The fourth-order valence-corrected chi connectivity index (χ4v) is 3.27. The zero-order valence-electron chi connectivity index (χ0n) is 11.6. The number of nitrogens with zero attached hydrogens (tertiary/aromatic N) is 2. The molecule has 110 valence electrons. The number of H-pyrrole nitrogens is 1. The molecular weight excluding hydrogens is 327 g/mol. The molecule has 7 heteroatoms. The Morgan fingerprint density at radius 2 is 1.90 bits per heavy atom. The van der Waals surface area contributed by atoms with Crippen LogP contribution in [0.2, 0.25) is 10.0 Å². The number of aromatic amines is 1. The van der Waals surface area contributed by atoms with Gasteiger partial charge in [0.15, 0.2) is 0 Å². The van der Waals surface area contributed by atoms with Crippen molar-refractivity contribution in [2.24, 2.45) is 0 Å². The SMILES string of the molecule is Cc1nc(CNCc2nc3cc(Cl)c(Cl)cc3[nH]2)sc1C. The number of rotatable bonds is 4. The maximum Gasteiger partial charge on any atom is 0.121 e. The summed E-state index contributed by atoms with van der Waals surface area (Å²) in [5.74, 6) is 0.855. The van der Waals surface area contributed by atoms with Crippen LogP contribution in [0.1, 0.15) is 21.4 Å². The average Bonchev–Trinajstić information content (AvgIpc) is 2.94. The standard InChI is InChI=1S/C14H14Cl2N4S/c1-7-8(2)21-14(18-7)6-17-5-13-19-11-3-9(15)10(16)4-12(11)20-13/h3-4,17H,5-6H2,1-2H3,(H,19,20). The first-order valence-corrected chi connectivity index (χ1v) is 8.07. The topological polar surface area (TPSA) is 53.6 Å². The fourth-order valence-electron chi connectivity index (χ4n) is 2.04. The minimum absolute atomic E-state index is 0.518. The number of hydrogen-bond donors (Lipinski definition) is 2. The van der Waals surface area contributed by atoms with Crippen LogP contribution in [0.3, 0.4) is 0 Å². The van der Waals surface area contributed by atoms with Crippen LogP contribution >= 0.6 is 34.5 Å². The Balaban J connectivity index is 1.68. The highest BCUT2D eigenvalue weighted by Crippen LogP contribution is 2.26. The van der Waals surface area contributed by atoms with E-state index in [0.717, 1.165) is 34.1 Å². The summed E-state index contributed by atoms with van der Waals surface area (Å²) in [5, 5.41) is 5.47. The van der Waals surface area contributed by atoms with Gasteiger partial charge in [-0.05, 0) is 26.0 Å². The molecule has 3 aromatic rings. The molecule has 0 fully saturated rings. The van der Waals surface area contributed by atoms with Gasteiger partial charge in [0.1, 0.15) is 10.8 Å². The number of fused-ring (bicyclic) bond motifs is 1. The summed E-state index contributed by atoms with van der Waals surface area (Å²) < 4.78 is 0. The van der Waals surface area contributed by atoms with Crippen molar-refractivity contribution in [3.05, 3.63) is 43.6 Å². The van der Waals surface area contributed by atoms with E-state index in [0.29, 0.717) is 16.6 Å². The molecule has 0 aliphatic rings. The lowest BCUT2D eigenvalue weighted by molar-refractivity contribution is 0.667. The molecule has 0 saturated carbocycles. The van der Waals surface area contributed by atoms with Crippen LogP contribution in [0, 0.1) is 13.8 Å². The molecule has 1 aromatic carbocycles. The first kappa shape index (κ1) is 14.8. The normalized spacial score (nSPS) is 11.4. The van der Waals surface area contributed by atoms with Crippen LogP contribution in [0.15, 0.2) is 12.1 Å². The van der Waals surface area contributed by atoms with Crippen molar-refractivity contribution < 1.29 is 0 Å². The van der Waals surface area contributed by atoms with Gasteiger partial charge in [-0.15, -0.1) is 11.3 Å². The first-order chi connectivity index (χ1) is 10.0. The number of thiazole rings is 1. The molecule has 4 nitrogen and oxygen atoms in total. The third-order valence-corrected chi connectivity index (χ3v) is 5.01. The van der Waals surface area contributed by atoms with Gasteiger partial charge in [0.25, 0.3) is 0 Å². The summed E-state index contributed by atoms with van der Waals surface area (Å²) in [6.07, 6.45) is 0. The highest BCUT2D eigenvalue weighted by molar-refractivity contribution is 7.11. The second kappa shape index (κ2) is 5.93. The largest absolute Gasteiger partial charge is 0.341 e. The summed E-state index contributed by atoms with van der Waals surface area (Å²) in [5.41, 5.74) is 2.81. The molecule has 3 rings (SSSR count). The van der Waals surface area contributed by atoms with Gasteiger partial charge in [0.05, 0.1) is 33.3 Å². The molecule has 0 radical (unpaired) electrons. The van der Waals surface area contributed by atoms with Crippen LogP contribution in [0.25, 0.3) is 11.0 Å². The Bertz CT molecular complexity index is 735. The Labute approximate surface area is 136 Å². The Morgan fingerprint density at radius 3 is 2.62 bits per heavy atom. The van der Waals surface area contributed by atoms with E-state index in [-0.39, 0.29) is 0 Å². The highest BCUT2D eigenvalue weighted by Gasteiger charge is 2.07. The van der Waals surface area contributed by atoms with E-state index in [4.69, 9.17) is 23.2 Å². The molecule has 21 heavy (non-hydrogen) atoms. The van der Waals surface area contributed by atoms with Crippen LogP contribution in [0.4, 0.5) is 0 Å². The quantitative estimate of drug-likeness (QED) is 0.747. The van der Waals surface area contributed by atoms with Gasteiger partial charge in [0, 0.05) is 11.4 Å². The average molecular weight is 341 g/mol. The smallest absolute Gasteiger partial charge is 0.121 e. The third kappa shape index (κ3) is 3.21. The molecule has 2 aromatic heterocycles. The van der Waals surface area contributed by atoms with Crippen molar-refractivity contribution in [3.63, 3.8) is 0 Å². The summed E-state index contributed by atoms with van der Waals surface area (Å²) >= 11 is 13.7. The lowest BCUT2D eigenvalue weighted by Crippen LogP contribution is -2.13. The van der Waals surface area contributed by atoms with E-state index in [1.807, 2.05) is 6.92 Å². The van der Waals surface area contributed by atoms with Crippen molar-refractivity contribution >= 4 is 45.6 Å². The van der Waals surface area contributed by atoms with E-state index in [1.54, 1.807) is 23.5 Å². The molecule has 0 aliphatic heterocycles. The number of hydrogen-bond acceptors (Lipinski definition) is 4. The molecule has 0 amide bonds. The summed E-state index contributed by atoms with van der Waals surface area (Å²) in [6, 6.07) is 3.57. The van der Waals surface area contributed by atoms with Gasteiger partial charge in [-0.3, -0.25) is 0 Å². The minimum atomic E-state index is 0.518. The van der Waals surface area contributed by atoms with Crippen LogP contribution < -0.4 is 5.32 Å². The van der Waals surface area contributed by atoms with E-state index in [9.17, 15) is 0 Å². The monoisotopic (exact) mass is 340 g/mol. The summed E-state index contributed by atoms with van der Waals surface area (Å²) in [7, 11) is 0. The van der Waals surface area contributed by atoms with Crippen LogP contribution in [-0.2, 0) is 13.1 Å². The summed E-state index contributed by atoms with van der Waals surface area (Å²) in [4.78, 5) is 13.5. The number of benzene rings is 1. The lowest BCUT2D eigenvalue weighted by atomic mass is 10.3. The third-order valence-electron chi connectivity index (χ3n) is 3.21. The zero-order chi connectivity index (χ0) is 15.0. The second-order valence-electron chi connectivity index (χ2n) is 4.82. The molecule has 0 bridgehead atoms. The number of nitrogens with one attached hydrogen (secondary N) is 2. The molecule has 0 unspecified atom stereocenters. The number of aryl methyl sites for hydroxylation is 2. The van der Waals surface area contributed by atoms with Crippen molar-refractivity contribution in [2.45, 2.75) is 26.9 Å². The Kier molecular flexibility index (Phi) is 4.17. The number of imidazole rings is 1. The van der Waals surface area contributed by atoms with Gasteiger partial charge >= 0.3 is 0 Å². The van der Waals surface area contributed by atoms with E-state index < -0.39 is 0 Å². The summed E-state index contributed by atoms with van der Waals surface area (Å²) in [6.45, 7) is 5.49.